The van der Waals surface area contributed by atoms with E-state index in [0.717, 1.165) is 11.3 Å². The van der Waals surface area contributed by atoms with Gasteiger partial charge in [0.15, 0.2) is 0 Å². The molecule has 1 heterocycles. The van der Waals surface area contributed by atoms with Crippen LogP contribution in [-0.4, -0.2) is 23.2 Å². The molecule has 0 fully saturated rings. The number of aryl methyl sites for hydroxylation is 1. The fourth-order valence-electron chi connectivity index (χ4n) is 1.40. The van der Waals surface area contributed by atoms with E-state index in [-0.39, 0.29) is 5.95 Å². The van der Waals surface area contributed by atoms with Crippen molar-refractivity contribution in [1.29, 1.82) is 0 Å². The Morgan fingerprint density at radius 2 is 1.83 bits per heavy atom. The molecule has 0 amide bonds. The number of para-hydroxylation sites is 1. The molecule has 0 saturated heterocycles. The molecule has 5 heteroatoms. The summed E-state index contributed by atoms with van der Waals surface area (Å²) in [5, 5.41) is 0. The van der Waals surface area contributed by atoms with Crippen molar-refractivity contribution in [2.45, 2.75) is 6.92 Å². The molecule has 1 aromatic heterocycles. The highest BCUT2D eigenvalue weighted by Gasteiger charge is 2.02. The monoisotopic (exact) mass is 245 g/mol. The average Bonchev–Trinajstić information content (AvgIpc) is 2.40. The van der Waals surface area contributed by atoms with E-state index >= 15 is 0 Å². The summed E-state index contributed by atoms with van der Waals surface area (Å²) in [6, 6.07) is 9.58. The van der Waals surface area contributed by atoms with Gasteiger partial charge in [0.25, 0.3) is 0 Å². The van der Waals surface area contributed by atoms with Gasteiger partial charge in [-0.2, -0.15) is 4.98 Å². The van der Waals surface area contributed by atoms with E-state index < -0.39 is 0 Å². The minimum absolute atomic E-state index is 0.208. The number of aromatic nitrogens is 2. The van der Waals surface area contributed by atoms with Gasteiger partial charge in [-0.05, 0) is 19.1 Å². The van der Waals surface area contributed by atoms with Crippen molar-refractivity contribution in [3.8, 4) is 11.6 Å². The van der Waals surface area contributed by atoms with Crippen LogP contribution in [0.1, 0.15) is 5.56 Å². The molecule has 0 radical (unpaired) electrons. The summed E-state index contributed by atoms with van der Waals surface area (Å²) in [5.74, 6) is 1.53. The fourth-order valence-corrected chi connectivity index (χ4v) is 1.40. The zero-order chi connectivity index (χ0) is 12.8. The molecule has 0 unspecified atom stereocenters. The van der Waals surface area contributed by atoms with E-state index in [9.17, 15) is 0 Å². The van der Waals surface area contributed by atoms with E-state index in [1.54, 1.807) is 6.20 Å². The predicted molar refractivity (Wildman–Crippen MR) is 68.6 cm³/mol. The molecule has 2 aromatic rings. The van der Waals surface area contributed by atoms with Crippen LogP contribution in [-0.2, 0) is 0 Å². The number of hydrogen-bond acceptors (Lipinski definition) is 5. The van der Waals surface area contributed by atoms with E-state index in [1.165, 1.54) is 0 Å². The normalized spacial score (nSPS) is 10.1. The summed E-state index contributed by atoms with van der Waals surface area (Å²) in [5.41, 5.74) is 6.34. The Balaban J connectivity index is 1.80. The summed E-state index contributed by atoms with van der Waals surface area (Å²) < 4.78 is 11.0. The Morgan fingerprint density at radius 3 is 2.61 bits per heavy atom. The maximum Gasteiger partial charge on any atom is 0.223 e. The van der Waals surface area contributed by atoms with E-state index in [0.29, 0.717) is 19.1 Å². The second-order valence-corrected chi connectivity index (χ2v) is 3.73. The fraction of sp³-hybridized carbons (Fsp3) is 0.231. The second kappa shape index (κ2) is 5.86. The van der Waals surface area contributed by atoms with Crippen molar-refractivity contribution in [1.82, 2.24) is 9.97 Å². The summed E-state index contributed by atoms with van der Waals surface area (Å²) in [4.78, 5) is 7.88. The van der Waals surface area contributed by atoms with Gasteiger partial charge in [0, 0.05) is 11.8 Å². The molecule has 0 atom stereocenters. The predicted octanol–water partition coefficient (Wildman–Crippen LogP) is 1.83. The third kappa shape index (κ3) is 3.35. The van der Waals surface area contributed by atoms with Gasteiger partial charge >= 0.3 is 0 Å². The summed E-state index contributed by atoms with van der Waals surface area (Å²) in [6.45, 7) is 2.73. The highest BCUT2D eigenvalue weighted by atomic mass is 16.5. The zero-order valence-corrected chi connectivity index (χ0v) is 10.2. The molecule has 1 aromatic carbocycles. The minimum Gasteiger partial charge on any atom is -0.490 e. The summed E-state index contributed by atoms with van der Waals surface area (Å²) in [7, 11) is 0. The Kier molecular flexibility index (Phi) is 3.96. The molecule has 0 bridgehead atoms. The zero-order valence-electron chi connectivity index (χ0n) is 10.2. The van der Waals surface area contributed by atoms with Crippen molar-refractivity contribution < 1.29 is 9.47 Å². The molecule has 0 saturated carbocycles. The molecular weight excluding hydrogens is 230 g/mol. The van der Waals surface area contributed by atoms with Crippen LogP contribution in [0.2, 0.25) is 0 Å². The van der Waals surface area contributed by atoms with Crippen LogP contribution in [0.5, 0.6) is 11.6 Å². The quantitative estimate of drug-likeness (QED) is 0.814. The van der Waals surface area contributed by atoms with Crippen molar-refractivity contribution in [2.75, 3.05) is 18.9 Å². The number of anilines is 1. The maximum absolute atomic E-state index is 5.50. The van der Waals surface area contributed by atoms with Crippen LogP contribution >= 0.6 is 0 Å². The Hall–Kier alpha value is -2.30. The van der Waals surface area contributed by atoms with Gasteiger partial charge in [-0.3, -0.25) is 0 Å². The molecule has 0 spiro atoms. The molecule has 2 rings (SSSR count). The van der Waals surface area contributed by atoms with Gasteiger partial charge in [0.2, 0.25) is 11.8 Å². The largest absolute Gasteiger partial charge is 0.490 e. The van der Waals surface area contributed by atoms with Gasteiger partial charge in [0.05, 0.1) is 0 Å². The first-order valence-corrected chi connectivity index (χ1v) is 5.65. The molecule has 0 aliphatic heterocycles. The Labute approximate surface area is 106 Å². The van der Waals surface area contributed by atoms with Gasteiger partial charge < -0.3 is 15.2 Å². The van der Waals surface area contributed by atoms with Crippen LogP contribution in [0.4, 0.5) is 5.95 Å². The van der Waals surface area contributed by atoms with Gasteiger partial charge in [-0.25, -0.2) is 4.98 Å². The van der Waals surface area contributed by atoms with Gasteiger partial charge in [-0.1, -0.05) is 18.2 Å². The summed E-state index contributed by atoms with van der Waals surface area (Å²) >= 11 is 0. The summed E-state index contributed by atoms with van der Waals surface area (Å²) in [6.07, 6.45) is 1.63. The third-order valence-corrected chi connectivity index (χ3v) is 2.28. The van der Waals surface area contributed by atoms with E-state index in [2.05, 4.69) is 9.97 Å². The number of nitrogen functional groups attached to an aromatic ring is 1. The molecule has 18 heavy (non-hydrogen) atoms. The SMILES string of the molecule is Cc1cnc(N)nc1OCCOc1ccccc1. The Morgan fingerprint density at radius 1 is 1.11 bits per heavy atom. The lowest BCUT2D eigenvalue weighted by Gasteiger charge is -2.09. The lowest BCUT2D eigenvalue weighted by Crippen LogP contribution is -2.11. The molecule has 2 N–H and O–H groups in total. The van der Waals surface area contributed by atoms with Crippen molar-refractivity contribution in [2.24, 2.45) is 0 Å². The smallest absolute Gasteiger partial charge is 0.223 e. The van der Waals surface area contributed by atoms with Gasteiger partial charge in [0.1, 0.15) is 19.0 Å². The number of nitrogens with zero attached hydrogens (tertiary/aromatic N) is 2. The van der Waals surface area contributed by atoms with Crippen LogP contribution in [0.15, 0.2) is 36.5 Å². The number of rotatable bonds is 5. The van der Waals surface area contributed by atoms with Crippen molar-refractivity contribution in [3.63, 3.8) is 0 Å². The van der Waals surface area contributed by atoms with E-state index in [4.69, 9.17) is 15.2 Å². The first kappa shape index (κ1) is 12.2. The number of hydrogen-bond donors (Lipinski definition) is 1. The standard InChI is InChI=1S/C13H15N3O2/c1-10-9-15-13(14)16-12(10)18-8-7-17-11-5-3-2-4-6-11/h2-6,9H,7-8H2,1H3,(H2,14,15,16). The highest BCUT2D eigenvalue weighted by molar-refractivity contribution is 5.28. The van der Waals surface area contributed by atoms with Gasteiger partial charge in [-0.15, -0.1) is 0 Å². The third-order valence-electron chi connectivity index (χ3n) is 2.28. The lowest BCUT2D eigenvalue weighted by atomic mass is 10.3. The number of benzene rings is 1. The van der Waals surface area contributed by atoms with Crippen LogP contribution in [0.25, 0.3) is 0 Å². The average molecular weight is 245 g/mol. The van der Waals surface area contributed by atoms with E-state index in [1.807, 2.05) is 37.3 Å². The second-order valence-electron chi connectivity index (χ2n) is 3.73. The molecule has 5 nitrogen and oxygen atoms in total. The molecule has 0 aliphatic rings. The Bertz CT molecular complexity index is 503. The maximum atomic E-state index is 5.50. The van der Waals surface area contributed by atoms with Crippen LogP contribution in [0.3, 0.4) is 0 Å². The number of ether oxygens (including phenoxy) is 2. The van der Waals surface area contributed by atoms with Crippen molar-refractivity contribution in [3.05, 3.63) is 42.1 Å². The first-order chi connectivity index (χ1) is 8.75. The number of nitrogens with two attached hydrogens (primary N) is 1. The molecule has 94 valence electrons. The lowest BCUT2D eigenvalue weighted by molar-refractivity contribution is 0.211. The van der Waals surface area contributed by atoms with Crippen LogP contribution in [0, 0.1) is 6.92 Å². The van der Waals surface area contributed by atoms with Crippen LogP contribution < -0.4 is 15.2 Å². The topological polar surface area (TPSA) is 70.3 Å². The minimum atomic E-state index is 0.208. The first-order valence-electron chi connectivity index (χ1n) is 5.65. The van der Waals surface area contributed by atoms with Crippen molar-refractivity contribution >= 4 is 5.95 Å². The molecule has 0 aliphatic carbocycles. The highest BCUT2D eigenvalue weighted by Crippen LogP contribution is 2.13. The molecular formula is C13H15N3O2.